The van der Waals surface area contributed by atoms with Crippen LogP contribution in [0.4, 0.5) is 19.0 Å². The average Bonchev–Trinajstić information content (AvgIpc) is 3.29. The number of halogens is 3. The minimum atomic E-state index is -4.64. The van der Waals surface area contributed by atoms with Gasteiger partial charge in [-0.2, -0.15) is 17.7 Å². The lowest BCUT2D eigenvalue weighted by atomic mass is 9.87. The van der Waals surface area contributed by atoms with E-state index in [2.05, 4.69) is 34.5 Å². The Kier molecular flexibility index (Phi) is 7.04. The summed E-state index contributed by atoms with van der Waals surface area (Å²) < 4.78 is 40.3. The molecule has 7 nitrogen and oxygen atoms in total. The Morgan fingerprint density at radius 1 is 1.06 bits per heavy atom. The molecule has 3 aromatic rings. The van der Waals surface area contributed by atoms with Gasteiger partial charge < -0.3 is 10.2 Å². The number of aromatic nitrogens is 4. The summed E-state index contributed by atoms with van der Waals surface area (Å²) in [7, 11) is 0. The third-order valence-corrected chi connectivity index (χ3v) is 6.67. The van der Waals surface area contributed by atoms with Gasteiger partial charge in [-0.15, -0.1) is 15.3 Å². The van der Waals surface area contributed by atoms with Crippen molar-refractivity contribution in [3.05, 3.63) is 53.9 Å². The largest absolute Gasteiger partial charge is 0.453 e. The van der Waals surface area contributed by atoms with E-state index in [1.807, 2.05) is 35.2 Å². The van der Waals surface area contributed by atoms with Gasteiger partial charge in [0.1, 0.15) is 5.82 Å². The van der Waals surface area contributed by atoms with Crippen molar-refractivity contribution in [1.29, 1.82) is 0 Å². The molecule has 1 saturated heterocycles. The number of anilines is 1. The molecule has 0 radical (unpaired) electrons. The highest BCUT2D eigenvalue weighted by Gasteiger charge is 2.38. The molecule has 1 amide bonds. The van der Waals surface area contributed by atoms with E-state index in [-0.39, 0.29) is 23.5 Å². The quantitative estimate of drug-likeness (QED) is 0.539. The van der Waals surface area contributed by atoms with Crippen LogP contribution in [-0.4, -0.2) is 38.8 Å². The van der Waals surface area contributed by atoms with Crippen molar-refractivity contribution in [3.8, 4) is 0 Å². The first-order valence-electron chi connectivity index (χ1n) is 11.7. The lowest BCUT2D eigenvalue weighted by Crippen LogP contribution is -2.43. The standard InChI is InChI=1S/C24H29F3N6O/c1-3-16(4-2)21(17-8-6-5-7-9-17)28-22(34)18-12-14-32(15-13-18)20-11-10-19-29-30-23(24(25,26)27)33(19)31-20/h5-11,16,18,21H,3-4,12-15H2,1-2H3,(H,28,34). The Morgan fingerprint density at radius 2 is 1.74 bits per heavy atom. The first kappa shape index (κ1) is 24.0. The highest BCUT2D eigenvalue weighted by atomic mass is 19.4. The summed E-state index contributed by atoms with van der Waals surface area (Å²) in [4.78, 5) is 15.1. The normalized spacial score (nSPS) is 16.2. The number of amides is 1. The maximum absolute atomic E-state index is 13.2. The summed E-state index contributed by atoms with van der Waals surface area (Å²) in [6.07, 6.45) is -1.51. The Hall–Kier alpha value is -3.17. The maximum atomic E-state index is 13.2. The van der Waals surface area contributed by atoms with E-state index in [0.717, 1.165) is 22.9 Å². The van der Waals surface area contributed by atoms with Crippen molar-refractivity contribution in [2.45, 2.75) is 51.7 Å². The molecule has 1 unspecified atom stereocenters. The van der Waals surface area contributed by atoms with Crippen LogP contribution in [0.1, 0.15) is 57.0 Å². The van der Waals surface area contributed by atoms with Gasteiger partial charge in [0.2, 0.25) is 5.91 Å². The van der Waals surface area contributed by atoms with E-state index in [9.17, 15) is 18.0 Å². The minimum Gasteiger partial charge on any atom is -0.355 e. The predicted molar refractivity (Wildman–Crippen MR) is 122 cm³/mol. The molecule has 1 aliphatic rings. The molecule has 1 aliphatic heterocycles. The number of rotatable bonds is 7. The van der Waals surface area contributed by atoms with E-state index in [1.54, 1.807) is 6.07 Å². The Balaban J connectivity index is 1.43. The molecule has 10 heteroatoms. The molecule has 1 fully saturated rings. The second-order valence-corrected chi connectivity index (χ2v) is 8.72. The smallest absolute Gasteiger partial charge is 0.355 e. The van der Waals surface area contributed by atoms with Crippen LogP contribution in [0, 0.1) is 11.8 Å². The Bertz CT molecular complexity index is 1100. The fraction of sp³-hybridized carbons (Fsp3) is 0.500. The van der Waals surface area contributed by atoms with Crippen LogP contribution in [0.2, 0.25) is 0 Å². The van der Waals surface area contributed by atoms with Crippen molar-refractivity contribution in [3.63, 3.8) is 0 Å². The molecule has 0 spiro atoms. The van der Waals surface area contributed by atoms with E-state index in [4.69, 9.17) is 0 Å². The summed E-state index contributed by atoms with van der Waals surface area (Å²) in [5.41, 5.74) is 1.15. The summed E-state index contributed by atoms with van der Waals surface area (Å²) in [6, 6.07) is 13.1. The van der Waals surface area contributed by atoms with Crippen LogP contribution >= 0.6 is 0 Å². The van der Waals surface area contributed by atoms with Crippen molar-refractivity contribution in [2.75, 3.05) is 18.0 Å². The summed E-state index contributed by atoms with van der Waals surface area (Å²) in [5, 5.41) is 14.2. The molecule has 3 heterocycles. The summed E-state index contributed by atoms with van der Waals surface area (Å²) in [6.45, 7) is 5.33. The average molecular weight is 475 g/mol. The number of alkyl halides is 3. The molecule has 0 aliphatic carbocycles. The fourth-order valence-electron chi connectivity index (χ4n) is 4.66. The molecular formula is C24H29F3N6O. The monoisotopic (exact) mass is 474 g/mol. The number of nitrogens with one attached hydrogen (secondary N) is 1. The molecule has 182 valence electrons. The van der Waals surface area contributed by atoms with Crippen molar-refractivity contribution >= 4 is 17.4 Å². The van der Waals surface area contributed by atoms with E-state index < -0.39 is 12.0 Å². The third-order valence-electron chi connectivity index (χ3n) is 6.67. The third kappa shape index (κ3) is 5.00. The highest BCUT2D eigenvalue weighted by molar-refractivity contribution is 5.79. The number of nitrogens with zero attached hydrogens (tertiary/aromatic N) is 5. The predicted octanol–water partition coefficient (Wildman–Crippen LogP) is 4.65. The van der Waals surface area contributed by atoms with Crippen LogP contribution in [0.5, 0.6) is 0 Å². The summed E-state index contributed by atoms with van der Waals surface area (Å²) >= 11 is 0. The molecule has 2 aromatic heterocycles. The van der Waals surface area contributed by atoms with Gasteiger partial charge in [-0.25, -0.2) is 0 Å². The van der Waals surface area contributed by atoms with E-state index in [0.29, 0.717) is 37.7 Å². The number of benzene rings is 1. The Morgan fingerprint density at radius 3 is 2.35 bits per heavy atom. The van der Waals surface area contributed by atoms with Crippen molar-refractivity contribution < 1.29 is 18.0 Å². The maximum Gasteiger partial charge on any atom is 0.453 e. The van der Waals surface area contributed by atoms with Gasteiger partial charge in [-0.1, -0.05) is 57.0 Å². The minimum absolute atomic E-state index is 0.0296. The van der Waals surface area contributed by atoms with Crippen LogP contribution < -0.4 is 10.2 Å². The number of carbonyl (C=O) groups excluding carboxylic acids is 1. The van der Waals surface area contributed by atoms with Gasteiger partial charge in [0.25, 0.3) is 5.82 Å². The molecule has 4 rings (SSSR count). The van der Waals surface area contributed by atoms with Gasteiger partial charge in [0, 0.05) is 19.0 Å². The molecule has 34 heavy (non-hydrogen) atoms. The zero-order valence-corrected chi connectivity index (χ0v) is 19.3. The Labute approximate surface area is 196 Å². The molecule has 0 saturated carbocycles. The van der Waals surface area contributed by atoms with Crippen molar-refractivity contribution in [2.24, 2.45) is 11.8 Å². The van der Waals surface area contributed by atoms with Crippen LogP contribution in [-0.2, 0) is 11.0 Å². The second kappa shape index (κ2) is 9.99. The molecule has 1 N–H and O–H groups in total. The number of piperidine rings is 1. The number of carbonyl (C=O) groups is 1. The lowest BCUT2D eigenvalue weighted by molar-refractivity contribution is -0.146. The molecular weight excluding hydrogens is 445 g/mol. The van der Waals surface area contributed by atoms with Crippen LogP contribution in [0.25, 0.3) is 5.65 Å². The van der Waals surface area contributed by atoms with Gasteiger partial charge in [-0.05, 0) is 36.5 Å². The molecule has 0 bridgehead atoms. The van der Waals surface area contributed by atoms with Gasteiger partial charge >= 0.3 is 6.18 Å². The van der Waals surface area contributed by atoms with Crippen molar-refractivity contribution in [1.82, 2.24) is 25.1 Å². The number of hydrogen-bond donors (Lipinski definition) is 1. The van der Waals surface area contributed by atoms with Gasteiger partial charge in [0.15, 0.2) is 5.65 Å². The zero-order valence-electron chi connectivity index (χ0n) is 19.3. The van der Waals surface area contributed by atoms with E-state index >= 15 is 0 Å². The second-order valence-electron chi connectivity index (χ2n) is 8.72. The lowest BCUT2D eigenvalue weighted by Gasteiger charge is -2.34. The number of hydrogen-bond acceptors (Lipinski definition) is 5. The fourth-order valence-corrected chi connectivity index (χ4v) is 4.66. The highest BCUT2D eigenvalue weighted by Crippen LogP contribution is 2.30. The molecule has 1 atom stereocenters. The topological polar surface area (TPSA) is 75.4 Å². The van der Waals surface area contributed by atoms with Gasteiger partial charge in [-0.3, -0.25) is 4.79 Å². The number of fused-ring (bicyclic) bond motifs is 1. The van der Waals surface area contributed by atoms with E-state index in [1.165, 1.54) is 6.07 Å². The SMILES string of the molecule is CCC(CC)C(NC(=O)C1CCN(c2ccc3nnc(C(F)(F)F)n3n2)CC1)c1ccccc1. The molecule has 1 aromatic carbocycles. The van der Waals surface area contributed by atoms with Gasteiger partial charge in [0.05, 0.1) is 6.04 Å². The first-order valence-corrected chi connectivity index (χ1v) is 11.7. The van der Waals surface area contributed by atoms with Crippen LogP contribution in [0.15, 0.2) is 42.5 Å². The first-order chi connectivity index (χ1) is 16.3. The summed E-state index contributed by atoms with van der Waals surface area (Å²) in [5.74, 6) is -0.514. The zero-order chi connectivity index (χ0) is 24.3. The van der Waals surface area contributed by atoms with Crippen LogP contribution in [0.3, 0.4) is 0 Å².